The summed E-state index contributed by atoms with van der Waals surface area (Å²) in [5.41, 5.74) is 1.90. The predicted molar refractivity (Wildman–Crippen MR) is 84.9 cm³/mol. The van der Waals surface area contributed by atoms with E-state index in [1.165, 1.54) is 0 Å². The second-order valence-corrected chi connectivity index (χ2v) is 4.75. The molecule has 3 N–H and O–H groups in total. The van der Waals surface area contributed by atoms with Crippen LogP contribution in [-0.2, 0) is 0 Å². The lowest BCUT2D eigenvalue weighted by Gasteiger charge is -2.01. The summed E-state index contributed by atoms with van der Waals surface area (Å²) >= 11 is 0. The summed E-state index contributed by atoms with van der Waals surface area (Å²) in [5.74, 6) is 0.466. The van der Waals surface area contributed by atoms with Gasteiger partial charge in [0.05, 0.1) is 6.10 Å². The number of rotatable bonds is 5. The predicted octanol–water partition coefficient (Wildman–Crippen LogP) is 3.58. The number of benzene rings is 2. The second kappa shape index (κ2) is 7.31. The van der Waals surface area contributed by atoms with Crippen molar-refractivity contribution in [3.05, 3.63) is 71.8 Å². The fraction of sp³-hybridized carbons (Fsp3) is 0.111. The van der Waals surface area contributed by atoms with E-state index in [4.69, 9.17) is 0 Å². The molecule has 3 heteroatoms. The molecule has 0 aromatic heterocycles. The van der Waals surface area contributed by atoms with Crippen LogP contribution in [0, 0.1) is 0 Å². The smallest absolute Gasteiger partial charge is 0.115 e. The topological polar surface area (TPSA) is 60.7 Å². The summed E-state index contributed by atoms with van der Waals surface area (Å²) in [6.07, 6.45) is 7.27. The molecule has 0 radical (unpaired) electrons. The van der Waals surface area contributed by atoms with Crippen LogP contribution in [0.2, 0.25) is 0 Å². The average Bonchev–Trinajstić information content (AvgIpc) is 2.49. The van der Waals surface area contributed by atoms with Gasteiger partial charge in [0.1, 0.15) is 11.5 Å². The highest BCUT2D eigenvalue weighted by atomic mass is 16.3. The van der Waals surface area contributed by atoms with Crippen LogP contribution >= 0.6 is 0 Å². The van der Waals surface area contributed by atoms with E-state index in [9.17, 15) is 15.3 Å². The van der Waals surface area contributed by atoms with Gasteiger partial charge in [0.25, 0.3) is 0 Å². The van der Waals surface area contributed by atoms with E-state index in [-0.39, 0.29) is 11.5 Å². The average molecular weight is 282 g/mol. The Labute approximate surface area is 124 Å². The maximum atomic E-state index is 9.86. The Balaban J connectivity index is 1.85. The first-order valence-electron chi connectivity index (χ1n) is 6.74. The van der Waals surface area contributed by atoms with Crippen LogP contribution in [0.25, 0.3) is 12.2 Å². The van der Waals surface area contributed by atoms with Crippen molar-refractivity contribution in [2.45, 2.75) is 12.5 Å². The van der Waals surface area contributed by atoms with Crippen LogP contribution in [0.15, 0.2) is 60.7 Å². The summed E-state index contributed by atoms with van der Waals surface area (Å²) in [4.78, 5) is 0. The van der Waals surface area contributed by atoms with Gasteiger partial charge in [-0.1, -0.05) is 48.6 Å². The molecular formula is C18H18O3. The Morgan fingerprint density at radius 1 is 0.762 bits per heavy atom. The van der Waals surface area contributed by atoms with E-state index in [1.54, 1.807) is 42.5 Å². The largest absolute Gasteiger partial charge is 0.508 e. The van der Waals surface area contributed by atoms with E-state index in [0.29, 0.717) is 6.42 Å². The normalized spacial score (nSPS) is 13.0. The fourth-order valence-corrected chi connectivity index (χ4v) is 1.82. The van der Waals surface area contributed by atoms with Crippen LogP contribution in [-0.4, -0.2) is 21.4 Å². The van der Waals surface area contributed by atoms with Gasteiger partial charge in [-0.15, -0.1) is 0 Å². The molecule has 2 aromatic rings. The Hall–Kier alpha value is -2.52. The van der Waals surface area contributed by atoms with Crippen LogP contribution in [0.5, 0.6) is 11.5 Å². The second-order valence-electron chi connectivity index (χ2n) is 4.75. The molecule has 2 rings (SSSR count). The quantitative estimate of drug-likeness (QED) is 0.785. The molecule has 0 aliphatic rings. The summed E-state index contributed by atoms with van der Waals surface area (Å²) < 4.78 is 0. The zero-order valence-electron chi connectivity index (χ0n) is 11.6. The van der Waals surface area contributed by atoms with Gasteiger partial charge in [-0.3, -0.25) is 0 Å². The van der Waals surface area contributed by atoms with Crippen molar-refractivity contribution in [2.24, 2.45) is 0 Å². The molecule has 0 aliphatic carbocycles. The fourth-order valence-electron chi connectivity index (χ4n) is 1.82. The van der Waals surface area contributed by atoms with Crippen LogP contribution in [0.3, 0.4) is 0 Å². The molecular weight excluding hydrogens is 264 g/mol. The van der Waals surface area contributed by atoms with Crippen molar-refractivity contribution in [2.75, 3.05) is 0 Å². The van der Waals surface area contributed by atoms with Gasteiger partial charge >= 0.3 is 0 Å². The standard InChI is InChI=1S/C18H18O3/c19-16(9-6-15-7-12-18(21)13-8-15)3-1-2-14-4-10-17(20)11-5-14/h1-2,4-13,16,19-21H,3H2/b2-1+,9-6?. The first-order valence-corrected chi connectivity index (χ1v) is 6.74. The molecule has 0 aliphatic heterocycles. The van der Waals surface area contributed by atoms with E-state index < -0.39 is 6.10 Å². The van der Waals surface area contributed by atoms with Crippen molar-refractivity contribution in [3.8, 4) is 11.5 Å². The van der Waals surface area contributed by atoms with E-state index in [2.05, 4.69) is 0 Å². The van der Waals surface area contributed by atoms with Gasteiger partial charge in [0.15, 0.2) is 0 Å². The maximum Gasteiger partial charge on any atom is 0.115 e. The molecule has 21 heavy (non-hydrogen) atoms. The third kappa shape index (κ3) is 5.16. The van der Waals surface area contributed by atoms with Gasteiger partial charge in [0.2, 0.25) is 0 Å². The minimum atomic E-state index is -0.563. The molecule has 0 saturated heterocycles. The Bertz CT molecular complexity index is 610. The van der Waals surface area contributed by atoms with E-state index in [0.717, 1.165) is 11.1 Å². The molecule has 3 nitrogen and oxygen atoms in total. The summed E-state index contributed by atoms with van der Waals surface area (Å²) in [6, 6.07) is 13.7. The molecule has 1 atom stereocenters. The van der Waals surface area contributed by atoms with Crippen LogP contribution in [0.4, 0.5) is 0 Å². The Morgan fingerprint density at radius 2 is 1.24 bits per heavy atom. The molecule has 1 unspecified atom stereocenters. The third-order valence-electron chi connectivity index (χ3n) is 2.98. The molecule has 0 saturated carbocycles. The lowest BCUT2D eigenvalue weighted by molar-refractivity contribution is 0.228. The minimum absolute atomic E-state index is 0.226. The van der Waals surface area contributed by atoms with Crippen molar-refractivity contribution in [3.63, 3.8) is 0 Å². The Kier molecular flexibility index (Phi) is 5.18. The van der Waals surface area contributed by atoms with Gasteiger partial charge < -0.3 is 15.3 Å². The SMILES string of the molecule is Oc1ccc(C=CC(O)C/C=C/c2ccc(O)cc2)cc1. The summed E-state index contributed by atoms with van der Waals surface area (Å²) in [5, 5.41) is 28.2. The lowest BCUT2D eigenvalue weighted by Crippen LogP contribution is -1.98. The summed E-state index contributed by atoms with van der Waals surface area (Å²) in [7, 11) is 0. The van der Waals surface area contributed by atoms with Crippen molar-refractivity contribution in [1.29, 1.82) is 0 Å². The first-order chi connectivity index (χ1) is 10.1. The number of phenols is 2. The number of aliphatic hydroxyl groups is 1. The molecule has 2 aromatic carbocycles. The summed E-state index contributed by atoms with van der Waals surface area (Å²) in [6.45, 7) is 0. The monoisotopic (exact) mass is 282 g/mol. The number of aromatic hydroxyl groups is 2. The number of hydrogen-bond acceptors (Lipinski definition) is 3. The van der Waals surface area contributed by atoms with Gasteiger partial charge in [-0.25, -0.2) is 0 Å². The lowest BCUT2D eigenvalue weighted by atomic mass is 10.1. The zero-order chi connectivity index (χ0) is 15.1. The van der Waals surface area contributed by atoms with Gasteiger partial charge in [0, 0.05) is 0 Å². The molecule has 0 bridgehead atoms. The van der Waals surface area contributed by atoms with Gasteiger partial charge in [-0.05, 0) is 41.8 Å². The van der Waals surface area contributed by atoms with Crippen molar-refractivity contribution < 1.29 is 15.3 Å². The minimum Gasteiger partial charge on any atom is -0.508 e. The van der Waals surface area contributed by atoms with Crippen LogP contribution in [0.1, 0.15) is 17.5 Å². The zero-order valence-corrected chi connectivity index (χ0v) is 11.6. The third-order valence-corrected chi connectivity index (χ3v) is 2.98. The maximum absolute atomic E-state index is 9.86. The molecule has 0 spiro atoms. The Morgan fingerprint density at radius 3 is 1.76 bits per heavy atom. The number of phenolic OH excluding ortho intramolecular Hbond substituents is 2. The highest BCUT2D eigenvalue weighted by Crippen LogP contribution is 2.13. The molecule has 0 amide bonds. The molecule has 0 heterocycles. The van der Waals surface area contributed by atoms with Crippen LogP contribution < -0.4 is 0 Å². The van der Waals surface area contributed by atoms with Gasteiger partial charge in [-0.2, -0.15) is 0 Å². The first kappa shape index (κ1) is 14.9. The highest BCUT2D eigenvalue weighted by Gasteiger charge is 1.96. The van der Waals surface area contributed by atoms with Crippen molar-refractivity contribution in [1.82, 2.24) is 0 Å². The number of hydrogen-bond donors (Lipinski definition) is 3. The molecule has 0 fully saturated rings. The highest BCUT2D eigenvalue weighted by molar-refractivity contribution is 5.52. The van der Waals surface area contributed by atoms with E-state index in [1.807, 2.05) is 30.4 Å². The number of aliphatic hydroxyl groups excluding tert-OH is 1. The van der Waals surface area contributed by atoms with E-state index >= 15 is 0 Å². The molecule has 108 valence electrons. The van der Waals surface area contributed by atoms with Crippen molar-refractivity contribution >= 4 is 12.2 Å².